The molecule has 2 atom stereocenters. The standard InChI is InChI=1S/C19H28N2O3S/c1-12-16(8-10-23-12)25-17-6-5-15(20)14-11-21(9-7-13(14)17)18(22)24-19(2,3)4/h5-6,12,16H,7-11,20H2,1-4H3. The fourth-order valence-corrected chi connectivity index (χ4v) is 4.61. The van der Waals surface area contributed by atoms with Crippen LogP contribution in [0.25, 0.3) is 0 Å². The van der Waals surface area contributed by atoms with Crippen molar-refractivity contribution in [3.63, 3.8) is 0 Å². The summed E-state index contributed by atoms with van der Waals surface area (Å²) in [4.78, 5) is 15.4. The van der Waals surface area contributed by atoms with Crippen LogP contribution in [0.4, 0.5) is 10.5 Å². The zero-order valence-electron chi connectivity index (χ0n) is 15.5. The summed E-state index contributed by atoms with van der Waals surface area (Å²) in [5, 5.41) is 0.483. The molecule has 0 saturated carbocycles. The fraction of sp³-hybridized carbons (Fsp3) is 0.632. The van der Waals surface area contributed by atoms with Gasteiger partial charge in [-0.05, 0) is 63.8 Å². The zero-order chi connectivity index (χ0) is 18.2. The number of hydrogen-bond donors (Lipinski definition) is 1. The number of nitrogen functional groups attached to an aromatic ring is 1. The molecule has 0 aromatic heterocycles. The fourth-order valence-electron chi connectivity index (χ4n) is 3.29. The highest BCUT2D eigenvalue weighted by Crippen LogP contribution is 2.39. The predicted molar refractivity (Wildman–Crippen MR) is 101 cm³/mol. The Bertz CT molecular complexity index is 657. The lowest BCUT2D eigenvalue weighted by molar-refractivity contribution is 0.0224. The van der Waals surface area contributed by atoms with E-state index in [1.54, 1.807) is 4.90 Å². The van der Waals surface area contributed by atoms with E-state index in [1.165, 1.54) is 10.5 Å². The van der Waals surface area contributed by atoms with Crippen molar-refractivity contribution in [1.29, 1.82) is 0 Å². The Kier molecular flexibility index (Phi) is 5.21. The van der Waals surface area contributed by atoms with Crippen LogP contribution in [0.1, 0.15) is 45.2 Å². The summed E-state index contributed by atoms with van der Waals surface area (Å²) in [5.41, 5.74) is 8.83. The molecular formula is C19H28N2O3S. The summed E-state index contributed by atoms with van der Waals surface area (Å²) in [6.45, 7) is 9.81. The van der Waals surface area contributed by atoms with E-state index in [-0.39, 0.29) is 12.2 Å². The van der Waals surface area contributed by atoms with Gasteiger partial charge in [0.25, 0.3) is 0 Å². The third-order valence-corrected chi connectivity index (χ3v) is 6.20. The zero-order valence-corrected chi connectivity index (χ0v) is 16.3. The van der Waals surface area contributed by atoms with Gasteiger partial charge in [-0.2, -0.15) is 0 Å². The molecule has 2 unspecified atom stereocenters. The van der Waals surface area contributed by atoms with E-state index in [4.69, 9.17) is 15.2 Å². The topological polar surface area (TPSA) is 64.8 Å². The Hall–Kier alpha value is -1.40. The average molecular weight is 365 g/mol. The van der Waals surface area contributed by atoms with Crippen molar-refractivity contribution in [1.82, 2.24) is 4.90 Å². The monoisotopic (exact) mass is 364 g/mol. The number of fused-ring (bicyclic) bond motifs is 1. The molecule has 3 rings (SSSR count). The van der Waals surface area contributed by atoms with Crippen LogP contribution in [-0.4, -0.2) is 41.1 Å². The van der Waals surface area contributed by atoms with Gasteiger partial charge in [-0.25, -0.2) is 4.79 Å². The Morgan fingerprint density at radius 3 is 2.76 bits per heavy atom. The van der Waals surface area contributed by atoms with Crippen LogP contribution in [0.15, 0.2) is 17.0 Å². The Morgan fingerprint density at radius 2 is 2.12 bits per heavy atom. The van der Waals surface area contributed by atoms with Crippen LogP contribution in [0.2, 0.25) is 0 Å². The maximum Gasteiger partial charge on any atom is 0.410 e. The van der Waals surface area contributed by atoms with Crippen molar-refractivity contribution in [2.45, 2.75) is 68.9 Å². The minimum absolute atomic E-state index is 0.270. The van der Waals surface area contributed by atoms with Crippen molar-refractivity contribution in [3.8, 4) is 0 Å². The van der Waals surface area contributed by atoms with Gasteiger partial charge in [0.2, 0.25) is 0 Å². The smallest absolute Gasteiger partial charge is 0.410 e. The Labute approximate surface area is 154 Å². The molecule has 2 aliphatic heterocycles. The van der Waals surface area contributed by atoms with E-state index in [9.17, 15) is 4.79 Å². The second kappa shape index (κ2) is 7.08. The number of rotatable bonds is 2. The van der Waals surface area contributed by atoms with Crippen LogP contribution < -0.4 is 5.73 Å². The molecule has 1 fully saturated rings. The summed E-state index contributed by atoms with van der Waals surface area (Å²) < 4.78 is 11.2. The van der Waals surface area contributed by atoms with Crippen molar-refractivity contribution >= 4 is 23.5 Å². The first-order valence-electron chi connectivity index (χ1n) is 8.91. The SMILES string of the molecule is CC1OCCC1Sc1ccc(N)c2c1CCN(C(=O)OC(C)(C)C)C2. The lowest BCUT2D eigenvalue weighted by Gasteiger charge is -2.33. The van der Waals surface area contributed by atoms with Gasteiger partial charge >= 0.3 is 6.09 Å². The van der Waals surface area contributed by atoms with Crippen molar-refractivity contribution in [2.24, 2.45) is 0 Å². The van der Waals surface area contributed by atoms with Crippen LogP contribution in [0.5, 0.6) is 0 Å². The van der Waals surface area contributed by atoms with Gasteiger partial charge in [0.1, 0.15) is 5.60 Å². The molecule has 1 aromatic rings. The molecule has 5 nitrogen and oxygen atoms in total. The lowest BCUT2D eigenvalue weighted by atomic mass is 9.98. The second-order valence-corrected chi connectivity index (χ2v) is 9.06. The quantitative estimate of drug-likeness (QED) is 0.808. The molecule has 0 radical (unpaired) electrons. The summed E-state index contributed by atoms with van der Waals surface area (Å²) in [5.74, 6) is 0. The van der Waals surface area contributed by atoms with Crippen molar-refractivity contribution in [2.75, 3.05) is 18.9 Å². The van der Waals surface area contributed by atoms with E-state index in [1.807, 2.05) is 38.6 Å². The average Bonchev–Trinajstić information content (AvgIpc) is 2.93. The van der Waals surface area contributed by atoms with Gasteiger partial charge in [-0.3, -0.25) is 0 Å². The van der Waals surface area contributed by atoms with Crippen molar-refractivity contribution in [3.05, 3.63) is 23.3 Å². The third-order valence-electron chi connectivity index (χ3n) is 4.64. The maximum absolute atomic E-state index is 12.4. The first-order chi connectivity index (χ1) is 11.7. The summed E-state index contributed by atoms with van der Waals surface area (Å²) in [6, 6.07) is 4.08. The molecule has 2 aliphatic rings. The molecule has 138 valence electrons. The van der Waals surface area contributed by atoms with Crippen LogP contribution in [0, 0.1) is 0 Å². The number of nitrogens with two attached hydrogens (primary N) is 1. The maximum atomic E-state index is 12.4. The second-order valence-electron chi connectivity index (χ2n) is 7.78. The summed E-state index contributed by atoms with van der Waals surface area (Å²) in [6.07, 6.45) is 1.90. The Balaban J connectivity index is 1.78. The highest BCUT2D eigenvalue weighted by atomic mass is 32.2. The third kappa shape index (κ3) is 4.23. The van der Waals surface area contributed by atoms with Crippen LogP contribution >= 0.6 is 11.8 Å². The summed E-state index contributed by atoms with van der Waals surface area (Å²) >= 11 is 1.89. The molecule has 25 heavy (non-hydrogen) atoms. The van der Waals surface area contributed by atoms with Gasteiger partial charge in [-0.15, -0.1) is 11.8 Å². The largest absolute Gasteiger partial charge is 0.444 e. The Morgan fingerprint density at radius 1 is 1.36 bits per heavy atom. The molecule has 1 amide bonds. The normalized spacial score (nSPS) is 23.4. The molecule has 0 bridgehead atoms. The molecule has 1 aromatic carbocycles. The number of carbonyl (C=O) groups is 1. The number of amides is 1. The predicted octanol–water partition coefficient (Wildman–Crippen LogP) is 3.83. The highest BCUT2D eigenvalue weighted by Gasteiger charge is 2.30. The molecule has 2 N–H and O–H groups in total. The molecule has 1 saturated heterocycles. The van der Waals surface area contributed by atoms with Crippen molar-refractivity contribution < 1.29 is 14.3 Å². The molecule has 6 heteroatoms. The van der Waals surface area contributed by atoms with Crippen LogP contribution in [-0.2, 0) is 22.4 Å². The first-order valence-corrected chi connectivity index (χ1v) is 9.79. The van der Waals surface area contributed by atoms with E-state index in [2.05, 4.69) is 13.0 Å². The summed E-state index contributed by atoms with van der Waals surface area (Å²) in [7, 11) is 0. The molecular weight excluding hydrogens is 336 g/mol. The lowest BCUT2D eigenvalue weighted by Crippen LogP contribution is -2.40. The first kappa shape index (κ1) is 18.4. The van der Waals surface area contributed by atoms with Gasteiger partial charge in [0.15, 0.2) is 0 Å². The number of anilines is 1. The number of thioether (sulfide) groups is 1. The number of benzene rings is 1. The van der Waals surface area contributed by atoms with Gasteiger partial charge in [0.05, 0.1) is 12.6 Å². The van der Waals surface area contributed by atoms with E-state index < -0.39 is 5.60 Å². The van der Waals surface area contributed by atoms with E-state index in [0.717, 1.165) is 30.7 Å². The number of hydrogen-bond acceptors (Lipinski definition) is 5. The van der Waals surface area contributed by atoms with Crippen LogP contribution in [0.3, 0.4) is 0 Å². The minimum atomic E-state index is -0.487. The van der Waals surface area contributed by atoms with E-state index >= 15 is 0 Å². The number of carbonyl (C=O) groups excluding carboxylic acids is 1. The van der Waals surface area contributed by atoms with Gasteiger partial charge < -0.3 is 20.1 Å². The highest BCUT2D eigenvalue weighted by molar-refractivity contribution is 8.00. The molecule has 2 heterocycles. The molecule has 0 spiro atoms. The van der Waals surface area contributed by atoms with Gasteiger partial charge in [0, 0.05) is 29.0 Å². The minimum Gasteiger partial charge on any atom is -0.444 e. The molecule has 0 aliphatic carbocycles. The van der Waals surface area contributed by atoms with Gasteiger partial charge in [-0.1, -0.05) is 0 Å². The van der Waals surface area contributed by atoms with E-state index in [0.29, 0.717) is 18.3 Å². The number of ether oxygens (including phenoxy) is 2. The number of nitrogens with zero attached hydrogens (tertiary/aromatic N) is 1.